The van der Waals surface area contributed by atoms with E-state index in [1.165, 1.54) is 28.8 Å². The lowest BCUT2D eigenvalue weighted by Crippen LogP contribution is -2.42. The number of carbonyl (C=O) groups excluding carboxylic acids is 2. The number of esters is 1. The van der Waals surface area contributed by atoms with Gasteiger partial charge in [0.05, 0.1) is 24.0 Å². The molecule has 2 atom stereocenters. The third kappa shape index (κ3) is 2.84. The summed E-state index contributed by atoms with van der Waals surface area (Å²) in [7, 11) is 0. The lowest BCUT2D eigenvalue weighted by molar-refractivity contribution is -0.125. The molecule has 0 saturated carbocycles. The molecule has 1 aliphatic rings. The van der Waals surface area contributed by atoms with Crippen LogP contribution >= 0.6 is 11.6 Å². The fraction of sp³-hybridized carbons (Fsp3) is 0.294. The zero-order valence-corrected chi connectivity index (χ0v) is 14.4. The Bertz CT molecular complexity index is 865. The van der Waals surface area contributed by atoms with E-state index in [2.05, 4.69) is 5.32 Å². The normalized spacial score (nSPS) is 19.3. The van der Waals surface area contributed by atoms with Crippen molar-refractivity contribution < 1.29 is 18.7 Å². The van der Waals surface area contributed by atoms with Crippen LogP contribution in [0.1, 0.15) is 47.7 Å². The van der Waals surface area contributed by atoms with Crippen molar-refractivity contribution in [3.8, 4) is 0 Å². The maximum Gasteiger partial charge on any atom is 0.355 e. The van der Waals surface area contributed by atoms with E-state index in [1.54, 1.807) is 13.8 Å². The smallest absolute Gasteiger partial charge is 0.355 e. The number of rotatable bonds is 3. The minimum atomic E-state index is -0.768. The summed E-state index contributed by atoms with van der Waals surface area (Å²) in [6, 6.07) is 3.90. The van der Waals surface area contributed by atoms with Gasteiger partial charge in [-0.3, -0.25) is 4.79 Å². The van der Waals surface area contributed by atoms with Gasteiger partial charge < -0.3 is 20.4 Å². The average Bonchev–Trinajstić information content (AvgIpc) is 2.91. The van der Waals surface area contributed by atoms with E-state index in [1.807, 2.05) is 0 Å². The number of carbonyl (C=O) groups is 2. The molecule has 0 fully saturated rings. The third-order valence-electron chi connectivity index (χ3n) is 4.19. The zero-order valence-electron chi connectivity index (χ0n) is 13.7. The van der Waals surface area contributed by atoms with E-state index in [4.69, 9.17) is 22.1 Å². The molecule has 0 bridgehead atoms. The predicted octanol–water partition coefficient (Wildman–Crippen LogP) is 2.82. The quantitative estimate of drug-likeness (QED) is 0.819. The summed E-state index contributed by atoms with van der Waals surface area (Å²) in [4.78, 5) is 24.6. The maximum atomic E-state index is 13.7. The minimum absolute atomic E-state index is 0.175. The van der Waals surface area contributed by atoms with Crippen LogP contribution in [0, 0.1) is 5.82 Å². The molecule has 132 valence electrons. The second kappa shape index (κ2) is 6.40. The monoisotopic (exact) mass is 365 g/mol. The zero-order chi connectivity index (χ0) is 18.3. The Hall–Kier alpha value is -2.54. The number of hydrogen-bond donors (Lipinski definition) is 2. The Morgan fingerprint density at radius 1 is 1.44 bits per heavy atom. The van der Waals surface area contributed by atoms with Gasteiger partial charge in [0.25, 0.3) is 0 Å². The van der Waals surface area contributed by atoms with Gasteiger partial charge >= 0.3 is 5.97 Å². The molecule has 1 amide bonds. The standard InChI is InChI=1S/C17H17ClFN3O3/c1-3-25-17(24)13-7-12(20)15-14(21-16(23)8(2)22(13)15)10-6-9(19)4-5-11(10)18/h4-8,14H,3,20H2,1-2H3,(H,21,23). The Morgan fingerprint density at radius 2 is 2.16 bits per heavy atom. The highest BCUT2D eigenvalue weighted by molar-refractivity contribution is 6.31. The Balaban J connectivity index is 2.21. The highest BCUT2D eigenvalue weighted by Gasteiger charge is 2.37. The number of benzene rings is 1. The summed E-state index contributed by atoms with van der Waals surface area (Å²) in [6.07, 6.45) is 0. The van der Waals surface area contributed by atoms with Crippen molar-refractivity contribution >= 4 is 29.2 Å². The number of halogens is 2. The fourth-order valence-electron chi connectivity index (χ4n) is 3.05. The van der Waals surface area contributed by atoms with Crippen LogP contribution < -0.4 is 11.1 Å². The molecular formula is C17H17ClFN3O3. The highest BCUT2D eigenvalue weighted by atomic mass is 35.5. The number of hydrogen-bond acceptors (Lipinski definition) is 4. The first-order chi connectivity index (χ1) is 11.8. The molecule has 1 aliphatic heterocycles. The molecular weight excluding hydrogens is 349 g/mol. The van der Waals surface area contributed by atoms with Crippen molar-refractivity contribution in [1.82, 2.24) is 9.88 Å². The van der Waals surface area contributed by atoms with E-state index in [0.717, 1.165) is 0 Å². The van der Waals surface area contributed by atoms with Crippen molar-refractivity contribution in [3.63, 3.8) is 0 Å². The second-order valence-electron chi connectivity index (χ2n) is 5.74. The van der Waals surface area contributed by atoms with Gasteiger partial charge in [0, 0.05) is 10.6 Å². The van der Waals surface area contributed by atoms with Crippen LogP contribution in [0.25, 0.3) is 0 Å². The van der Waals surface area contributed by atoms with E-state index < -0.39 is 23.9 Å². The summed E-state index contributed by atoms with van der Waals surface area (Å²) < 4.78 is 20.3. The molecule has 2 heterocycles. The molecule has 3 rings (SSSR count). The van der Waals surface area contributed by atoms with E-state index >= 15 is 0 Å². The van der Waals surface area contributed by atoms with Crippen molar-refractivity contribution in [3.05, 3.63) is 52.1 Å². The number of ether oxygens (including phenoxy) is 1. The Labute approximate surface area is 148 Å². The van der Waals surface area contributed by atoms with Crippen LogP contribution in [0.5, 0.6) is 0 Å². The fourth-order valence-corrected chi connectivity index (χ4v) is 3.28. The van der Waals surface area contributed by atoms with Gasteiger partial charge in [0.2, 0.25) is 5.91 Å². The van der Waals surface area contributed by atoms with Gasteiger partial charge in [-0.15, -0.1) is 0 Å². The SMILES string of the molecule is CCOC(=O)c1cc(N)c2n1C(C)C(=O)NC2c1cc(F)ccc1Cl. The first kappa shape index (κ1) is 17.3. The number of nitrogen functional groups attached to an aromatic ring is 1. The van der Waals surface area contributed by atoms with Crippen molar-refractivity contribution in [2.75, 3.05) is 12.3 Å². The number of aromatic nitrogens is 1. The van der Waals surface area contributed by atoms with Crippen LogP contribution in [0.4, 0.5) is 10.1 Å². The van der Waals surface area contributed by atoms with Gasteiger partial charge in [0.1, 0.15) is 17.6 Å². The Kier molecular flexibility index (Phi) is 4.43. The van der Waals surface area contributed by atoms with Gasteiger partial charge in [-0.05, 0) is 38.1 Å². The molecule has 8 heteroatoms. The van der Waals surface area contributed by atoms with Crippen LogP contribution in [0.2, 0.25) is 5.02 Å². The van der Waals surface area contributed by atoms with Crippen molar-refractivity contribution in [1.29, 1.82) is 0 Å². The van der Waals surface area contributed by atoms with E-state index in [-0.39, 0.29) is 23.2 Å². The molecule has 1 aromatic carbocycles. The summed E-state index contributed by atoms with van der Waals surface area (Å²) in [5.74, 6) is -1.40. The number of nitrogens with one attached hydrogen (secondary N) is 1. The minimum Gasteiger partial charge on any atom is -0.461 e. The van der Waals surface area contributed by atoms with Gasteiger partial charge in [-0.2, -0.15) is 0 Å². The number of nitrogens with two attached hydrogens (primary N) is 1. The molecule has 6 nitrogen and oxygen atoms in total. The lowest BCUT2D eigenvalue weighted by atomic mass is 9.99. The van der Waals surface area contributed by atoms with E-state index in [0.29, 0.717) is 16.9 Å². The Morgan fingerprint density at radius 3 is 2.84 bits per heavy atom. The van der Waals surface area contributed by atoms with Crippen LogP contribution in [0.15, 0.2) is 24.3 Å². The molecule has 0 saturated heterocycles. The third-order valence-corrected chi connectivity index (χ3v) is 4.53. The van der Waals surface area contributed by atoms with Gasteiger partial charge in [0.15, 0.2) is 0 Å². The maximum absolute atomic E-state index is 13.7. The molecule has 2 unspecified atom stereocenters. The molecule has 0 aliphatic carbocycles. The highest BCUT2D eigenvalue weighted by Crippen LogP contribution is 2.38. The summed E-state index contributed by atoms with van der Waals surface area (Å²) in [5.41, 5.74) is 7.41. The number of nitrogens with zero attached hydrogens (tertiary/aromatic N) is 1. The van der Waals surface area contributed by atoms with Crippen LogP contribution in [-0.2, 0) is 9.53 Å². The van der Waals surface area contributed by atoms with Gasteiger partial charge in [-0.1, -0.05) is 11.6 Å². The van der Waals surface area contributed by atoms with Crippen LogP contribution in [-0.4, -0.2) is 23.1 Å². The average molecular weight is 366 g/mol. The molecule has 0 spiro atoms. The second-order valence-corrected chi connectivity index (χ2v) is 6.15. The van der Waals surface area contributed by atoms with E-state index in [9.17, 15) is 14.0 Å². The number of amides is 1. The number of fused-ring (bicyclic) bond motifs is 1. The summed E-state index contributed by atoms with van der Waals surface area (Å²) >= 11 is 6.19. The topological polar surface area (TPSA) is 86.3 Å². The summed E-state index contributed by atoms with van der Waals surface area (Å²) in [6.45, 7) is 3.52. The summed E-state index contributed by atoms with van der Waals surface area (Å²) in [5, 5.41) is 3.07. The lowest BCUT2D eigenvalue weighted by Gasteiger charge is -2.32. The molecule has 1 aromatic heterocycles. The first-order valence-electron chi connectivity index (χ1n) is 7.78. The molecule has 25 heavy (non-hydrogen) atoms. The van der Waals surface area contributed by atoms with Crippen molar-refractivity contribution in [2.45, 2.75) is 25.9 Å². The largest absolute Gasteiger partial charge is 0.461 e. The molecule has 3 N–H and O–H groups in total. The van der Waals surface area contributed by atoms with Crippen LogP contribution in [0.3, 0.4) is 0 Å². The predicted molar refractivity (Wildman–Crippen MR) is 90.9 cm³/mol. The molecule has 2 aromatic rings. The number of anilines is 1. The molecule has 0 radical (unpaired) electrons. The van der Waals surface area contributed by atoms with Crippen molar-refractivity contribution in [2.24, 2.45) is 0 Å². The first-order valence-corrected chi connectivity index (χ1v) is 8.16. The van der Waals surface area contributed by atoms with Gasteiger partial charge in [-0.25, -0.2) is 9.18 Å².